The van der Waals surface area contributed by atoms with Crippen molar-refractivity contribution >= 4 is 5.97 Å². The average Bonchev–Trinajstić information content (AvgIpc) is 2.44. The lowest BCUT2D eigenvalue weighted by molar-refractivity contribution is -0.131. The lowest BCUT2D eigenvalue weighted by Gasteiger charge is -2.22. The van der Waals surface area contributed by atoms with E-state index in [4.69, 9.17) is 5.11 Å². The molecule has 4 heteroatoms. The molecule has 0 aliphatic carbocycles. The summed E-state index contributed by atoms with van der Waals surface area (Å²) in [4.78, 5) is 15.1. The predicted octanol–water partition coefficient (Wildman–Crippen LogP) is 0.899. The number of carbonyl (C=O) groups is 1. The van der Waals surface area contributed by atoms with E-state index in [1.807, 2.05) is 6.92 Å². The number of carboxylic acids is 1. The van der Waals surface area contributed by atoms with Gasteiger partial charge >= 0.3 is 5.97 Å². The number of hydrogen-bond donors (Lipinski definition) is 1. The zero-order valence-electron chi connectivity index (χ0n) is 10.6. The molecule has 2 unspecified atom stereocenters. The Morgan fingerprint density at radius 2 is 2.12 bits per heavy atom. The zero-order chi connectivity index (χ0) is 12.3. The van der Waals surface area contributed by atoms with Crippen molar-refractivity contribution in [1.82, 2.24) is 9.80 Å². The second kappa shape index (κ2) is 5.46. The first-order valence-corrected chi connectivity index (χ1v) is 5.69. The molecule has 1 aliphatic heterocycles. The topological polar surface area (TPSA) is 43.8 Å². The van der Waals surface area contributed by atoms with Gasteiger partial charge in [0.05, 0.1) is 0 Å². The van der Waals surface area contributed by atoms with E-state index < -0.39 is 5.97 Å². The van der Waals surface area contributed by atoms with Crippen LogP contribution in [0.25, 0.3) is 0 Å². The minimum atomic E-state index is -0.853. The van der Waals surface area contributed by atoms with Crippen molar-refractivity contribution in [1.29, 1.82) is 0 Å². The van der Waals surface area contributed by atoms with E-state index in [0.717, 1.165) is 25.2 Å². The van der Waals surface area contributed by atoms with Crippen molar-refractivity contribution in [2.45, 2.75) is 19.9 Å². The van der Waals surface area contributed by atoms with Crippen molar-refractivity contribution in [3.05, 3.63) is 11.6 Å². The van der Waals surface area contributed by atoms with Gasteiger partial charge in [-0.25, -0.2) is 4.79 Å². The van der Waals surface area contributed by atoms with E-state index in [2.05, 4.69) is 30.8 Å². The van der Waals surface area contributed by atoms with Crippen molar-refractivity contribution in [3.63, 3.8) is 0 Å². The van der Waals surface area contributed by atoms with Crippen LogP contribution in [0.3, 0.4) is 0 Å². The molecule has 1 saturated heterocycles. The fraction of sp³-hybridized carbons (Fsp3) is 0.750. The van der Waals surface area contributed by atoms with Gasteiger partial charge in [-0.3, -0.25) is 4.90 Å². The first-order chi connectivity index (χ1) is 7.40. The third-order valence-electron chi connectivity index (χ3n) is 3.15. The standard InChI is InChI=1S/C12H22N2O2/c1-9(5-12(15)16)6-14-7-10(2)11(8-14)13(3)4/h5,10-11H,6-8H2,1-4H3,(H,15,16). The Balaban J connectivity index is 2.50. The highest BCUT2D eigenvalue weighted by molar-refractivity contribution is 5.80. The third kappa shape index (κ3) is 3.61. The number of hydrogen-bond acceptors (Lipinski definition) is 3. The summed E-state index contributed by atoms with van der Waals surface area (Å²) in [6.07, 6.45) is 1.30. The molecule has 4 nitrogen and oxygen atoms in total. The fourth-order valence-electron chi connectivity index (χ4n) is 2.46. The van der Waals surface area contributed by atoms with E-state index in [-0.39, 0.29) is 0 Å². The minimum absolute atomic E-state index is 0.581. The predicted molar refractivity (Wildman–Crippen MR) is 64.5 cm³/mol. The molecule has 1 fully saturated rings. The Morgan fingerprint density at radius 3 is 2.56 bits per heavy atom. The first kappa shape index (κ1) is 13.2. The Hall–Kier alpha value is -0.870. The molecular weight excluding hydrogens is 204 g/mol. The second-order valence-corrected chi connectivity index (χ2v) is 5.03. The highest BCUT2D eigenvalue weighted by atomic mass is 16.4. The highest BCUT2D eigenvalue weighted by Gasteiger charge is 2.30. The molecule has 0 aromatic heterocycles. The summed E-state index contributed by atoms with van der Waals surface area (Å²) in [5.41, 5.74) is 0.916. The Labute approximate surface area is 97.5 Å². The Kier molecular flexibility index (Phi) is 4.50. The summed E-state index contributed by atoms with van der Waals surface area (Å²) in [5.74, 6) is -0.207. The molecule has 0 saturated carbocycles. The van der Waals surface area contributed by atoms with Crippen LogP contribution in [0.5, 0.6) is 0 Å². The molecule has 0 spiro atoms. The fourth-order valence-corrected chi connectivity index (χ4v) is 2.46. The zero-order valence-corrected chi connectivity index (χ0v) is 10.6. The van der Waals surface area contributed by atoms with Crippen molar-refractivity contribution in [2.75, 3.05) is 33.7 Å². The molecule has 1 heterocycles. The van der Waals surface area contributed by atoms with Gasteiger partial charge < -0.3 is 10.0 Å². The number of likely N-dealkylation sites (tertiary alicyclic amines) is 1. The second-order valence-electron chi connectivity index (χ2n) is 5.03. The van der Waals surface area contributed by atoms with Crippen LogP contribution >= 0.6 is 0 Å². The van der Waals surface area contributed by atoms with E-state index in [9.17, 15) is 4.79 Å². The van der Waals surface area contributed by atoms with Gasteiger partial charge in [-0.2, -0.15) is 0 Å². The summed E-state index contributed by atoms with van der Waals surface area (Å²) in [7, 11) is 4.20. The van der Waals surface area contributed by atoms with Gasteiger partial charge in [-0.15, -0.1) is 0 Å². The van der Waals surface area contributed by atoms with E-state index in [1.165, 1.54) is 6.08 Å². The normalized spacial score (nSPS) is 27.7. The SMILES string of the molecule is CC(=CC(=O)O)CN1CC(C)C(N(C)C)C1. The van der Waals surface area contributed by atoms with Crippen LogP contribution in [-0.4, -0.2) is 60.6 Å². The van der Waals surface area contributed by atoms with Crippen LogP contribution in [0.1, 0.15) is 13.8 Å². The summed E-state index contributed by atoms with van der Waals surface area (Å²) in [6.45, 7) is 6.97. The lowest BCUT2D eigenvalue weighted by Crippen LogP contribution is -2.34. The monoisotopic (exact) mass is 226 g/mol. The van der Waals surface area contributed by atoms with Crippen LogP contribution in [0, 0.1) is 5.92 Å². The van der Waals surface area contributed by atoms with Crippen LogP contribution in [0.15, 0.2) is 11.6 Å². The minimum Gasteiger partial charge on any atom is -0.478 e. The van der Waals surface area contributed by atoms with Gasteiger partial charge in [-0.1, -0.05) is 12.5 Å². The maximum atomic E-state index is 10.5. The van der Waals surface area contributed by atoms with Crippen molar-refractivity contribution in [2.24, 2.45) is 5.92 Å². The molecule has 1 rings (SSSR count). The van der Waals surface area contributed by atoms with E-state index in [0.29, 0.717) is 12.0 Å². The molecule has 16 heavy (non-hydrogen) atoms. The molecule has 2 atom stereocenters. The van der Waals surface area contributed by atoms with Gasteiger partial charge in [-0.05, 0) is 26.9 Å². The summed E-state index contributed by atoms with van der Waals surface area (Å²) in [6, 6.07) is 0.581. The average molecular weight is 226 g/mol. The van der Waals surface area contributed by atoms with Gasteiger partial charge in [0, 0.05) is 31.8 Å². The van der Waals surface area contributed by atoms with Crippen LogP contribution < -0.4 is 0 Å². The number of nitrogens with zero attached hydrogens (tertiary/aromatic N) is 2. The molecule has 0 aromatic rings. The largest absolute Gasteiger partial charge is 0.478 e. The molecule has 0 radical (unpaired) electrons. The Morgan fingerprint density at radius 1 is 1.50 bits per heavy atom. The van der Waals surface area contributed by atoms with Gasteiger partial charge in [0.2, 0.25) is 0 Å². The summed E-state index contributed by atoms with van der Waals surface area (Å²) >= 11 is 0. The van der Waals surface area contributed by atoms with Crippen molar-refractivity contribution in [3.8, 4) is 0 Å². The maximum Gasteiger partial charge on any atom is 0.328 e. The molecule has 1 aliphatic rings. The summed E-state index contributed by atoms with van der Waals surface area (Å²) in [5, 5.41) is 8.65. The van der Waals surface area contributed by atoms with Gasteiger partial charge in [0.1, 0.15) is 0 Å². The van der Waals surface area contributed by atoms with Crippen LogP contribution in [-0.2, 0) is 4.79 Å². The third-order valence-corrected chi connectivity index (χ3v) is 3.15. The molecule has 0 amide bonds. The van der Waals surface area contributed by atoms with Gasteiger partial charge in [0.15, 0.2) is 0 Å². The van der Waals surface area contributed by atoms with Crippen LogP contribution in [0.4, 0.5) is 0 Å². The van der Waals surface area contributed by atoms with Crippen LogP contribution in [0.2, 0.25) is 0 Å². The molecule has 0 aromatic carbocycles. The molecular formula is C12H22N2O2. The number of carboxylic acid groups (broad SMARTS) is 1. The quantitative estimate of drug-likeness (QED) is 0.723. The Bertz CT molecular complexity index is 287. The number of aliphatic carboxylic acids is 1. The lowest BCUT2D eigenvalue weighted by atomic mass is 10.1. The van der Waals surface area contributed by atoms with Gasteiger partial charge in [0.25, 0.3) is 0 Å². The number of likely N-dealkylation sites (N-methyl/N-ethyl adjacent to an activating group) is 1. The summed E-state index contributed by atoms with van der Waals surface area (Å²) < 4.78 is 0. The first-order valence-electron chi connectivity index (χ1n) is 5.69. The van der Waals surface area contributed by atoms with E-state index in [1.54, 1.807) is 0 Å². The highest BCUT2D eigenvalue weighted by Crippen LogP contribution is 2.20. The maximum absolute atomic E-state index is 10.5. The number of rotatable bonds is 4. The molecule has 92 valence electrons. The molecule has 1 N–H and O–H groups in total. The molecule has 0 bridgehead atoms. The van der Waals surface area contributed by atoms with Crippen molar-refractivity contribution < 1.29 is 9.90 Å². The smallest absolute Gasteiger partial charge is 0.328 e. The van der Waals surface area contributed by atoms with E-state index >= 15 is 0 Å².